The van der Waals surface area contributed by atoms with E-state index < -0.39 is 6.04 Å². The Morgan fingerprint density at radius 1 is 1.13 bits per heavy atom. The molecule has 160 valence electrons. The predicted octanol–water partition coefficient (Wildman–Crippen LogP) is 3.43. The second kappa shape index (κ2) is 9.65. The molecule has 2 aromatic carbocycles. The fourth-order valence-corrected chi connectivity index (χ4v) is 3.90. The van der Waals surface area contributed by atoms with Crippen LogP contribution in [0.5, 0.6) is 11.5 Å². The first-order valence-corrected chi connectivity index (χ1v) is 10.4. The van der Waals surface area contributed by atoms with Crippen molar-refractivity contribution in [2.75, 3.05) is 20.8 Å². The fraction of sp³-hybridized carbons (Fsp3) is 0.417. The lowest BCUT2D eigenvalue weighted by Gasteiger charge is -2.31. The second-order valence-electron chi connectivity index (χ2n) is 7.65. The molecule has 0 unspecified atom stereocenters. The number of hydrogen-bond acceptors (Lipinski definition) is 4. The minimum absolute atomic E-state index is 0.0596. The summed E-state index contributed by atoms with van der Waals surface area (Å²) in [5, 5.41) is 3.03. The second-order valence-corrected chi connectivity index (χ2v) is 7.65. The number of benzene rings is 2. The molecule has 0 aliphatic carbocycles. The van der Waals surface area contributed by atoms with Crippen LogP contribution in [0.25, 0.3) is 0 Å². The minimum atomic E-state index is -0.486. The Morgan fingerprint density at radius 2 is 1.87 bits per heavy atom. The molecule has 3 rings (SSSR count). The van der Waals surface area contributed by atoms with E-state index in [-0.39, 0.29) is 17.7 Å². The Labute approximate surface area is 178 Å². The van der Waals surface area contributed by atoms with Crippen LogP contribution in [0.15, 0.2) is 42.5 Å². The van der Waals surface area contributed by atoms with Gasteiger partial charge in [-0.25, -0.2) is 0 Å². The molecule has 30 heavy (non-hydrogen) atoms. The largest absolute Gasteiger partial charge is 0.493 e. The van der Waals surface area contributed by atoms with Crippen LogP contribution in [0, 0.1) is 5.92 Å². The van der Waals surface area contributed by atoms with Crippen molar-refractivity contribution in [3.63, 3.8) is 0 Å². The molecule has 1 heterocycles. The molecule has 2 aromatic rings. The number of nitrogens with zero attached hydrogens (tertiary/aromatic N) is 1. The number of nitrogens with one attached hydrogen (secondary N) is 1. The van der Waals surface area contributed by atoms with Crippen molar-refractivity contribution in [2.45, 2.75) is 39.3 Å². The lowest BCUT2D eigenvalue weighted by molar-refractivity contribution is -0.127. The van der Waals surface area contributed by atoms with E-state index in [9.17, 15) is 9.59 Å². The van der Waals surface area contributed by atoms with E-state index >= 15 is 0 Å². The van der Waals surface area contributed by atoms with E-state index in [0.717, 1.165) is 17.5 Å². The molecule has 2 amide bonds. The number of hydrogen-bond donors (Lipinski definition) is 1. The Morgan fingerprint density at radius 3 is 2.53 bits per heavy atom. The summed E-state index contributed by atoms with van der Waals surface area (Å²) in [7, 11) is 3.20. The van der Waals surface area contributed by atoms with Crippen LogP contribution in [0.1, 0.15) is 41.8 Å². The van der Waals surface area contributed by atoms with E-state index in [1.807, 2.05) is 56.3 Å². The van der Waals surface area contributed by atoms with Crippen molar-refractivity contribution in [3.8, 4) is 11.5 Å². The van der Waals surface area contributed by atoms with Crippen LogP contribution in [-0.2, 0) is 17.8 Å². The molecule has 2 atom stereocenters. The van der Waals surface area contributed by atoms with Gasteiger partial charge in [0.2, 0.25) is 5.91 Å². The monoisotopic (exact) mass is 410 g/mol. The predicted molar refractivity (Wildman–Crippen MR) is 116 cm³/mol. The highest BCUT2D eigenvalue weighted by molar-refractivity contribution is 6.01. The SMILES string of the molecule is CC[C@@H](C)[C@@H](C(=O)NCCc1ccc(OC)c(OC)c1)N1Cc2ccccc2C1=O. The van der Waals surface area contributed by atoms with Gasteiger partial charge in [0.25, 0.3) is 5.91 Å². The number of amides is 2. The Hall–Kier alpha value is -3.02. The maximum Gasteiger partial charge on any atom is 0.255 e. The molecule has 0 bridgehead atoms. The van der Waals surface area contributed by atoms with Crippen LogP contribution in [0.3, 0.4) is 0 Å². The van der Waals surface area contributed by atoms with Gasteiger partial charge < -0.3 is 19.7 Å². The molecule has 0 saturated carbocycles. The van der Waals surface area contributed by atoms with E-state index in [1.54, 1.807) is 19.1 Å². The van der Waals surface area contributed by atoms with Gasteiger partial charge in [0.05, 0.1) is 14.2 Å². The molecule has 1 aliphatic heterocycles. The topological polar surface area (TPSA) is 67.9 Å². The van der Waals surface area contributed by atoms with Crippen LogP contribution in [-0.4, -0.2) is 43.5 Å². The molecule has 0 fully saturated rings. The van der Waals surface area contributed by atoms with Gasteiger partial charge >= 0.3 is 0 Å². The van der Waals surface area contributed by atoms with Crippen molar-refractivity contribution in [2.24, 2.45) is 5.92 Å². The van der Waals surface area contributed by atoms with E-state index in [0.29, 0.717) is 36.6 Å². The molecule has 1 aliphatic rings. The molecule has 0 aromatic heterocycles. The van der Waals surface area contributed by atoms with Gasteiger partial charge in [0.15, 0.2) is 11.5 Å². The third kappa shape index (κ3) is 4.42. The fourth-order valence-electron chi connectivity index (χ4n) is 3.90. The normalized spacial score (nSPS) is 14.8. The first-order chi connectivity index (χ1) is 14.5. The quantitative estimate of drug-likeness (QED) is 0.688. The highest BCUT2D eigenvalue weighted by Crippen LogP contribution is 2.29. The summed E-state index contributed by atoms with van der Waals surface area (Å²) in [6.45, 7) is 5.03. The molecule has 0 saturated heterocycles. The number of ether oxygens (including phenoxy) is 2. The molecule has 6 heteroatoms. The van der Waals surface area contributed by atoms with Gasteiger partial charge in [-0.1, -0.05) is 44.5 Å². The number of methoxy groups -OCH3 is 2. The zero-order valence-electron chi connectivity index (χ0n) is 18.1. The molecule has 1 N–H and O–H groups in total. The van der Waals surface area contributed by atoms with Gasteiger partial charge in [-0.3, -0.25) is 9.59 Å². The minimum Gasteiger partial charge on any atom is -0.493 e. The Bertz CT molecular complexity index is 912. The summed E-state index contributed by atoms with van der Waals surface area (Å²) in [5.74, 6) is 1.23. The first-order valence-electron chi connectivity index (χ1n) is 10.4. The molecule has 0 spiro atoms. The van der Waals surface area contributed by atoms with Crippen molar-refractivity contribution in [1.82, 2.24) is 10.2 Å². The van der Waals surface area contributed by atoms with Crippen molar-refractivity contribution in [1.29, 1.82) is 0 Å². The van der Waals surface area contributed by atoms with Crippen molar-refractivity contribution < 1.29 is 19.1 Å². The van der Waals surface area contributed by atoms with Gasteiger partial charge in [-0.15, -0.1) is 0 Å². The van der Waals surface area contributed by atoms with Gasteiger partial charge in [0.1, 0.15) is 6.04 Å². The maximum absolute atomic E-state index is 13.1. The number of rotatable bonds is 9. The first kappa shape index (κ1) is 21.7. The van der Waals surface area contributed by atoms with Crippen LogP contribution < -0.4 is 14.8 Å². The lowest BCUT2D eigenvalue weighted by atomic mass is 9.96. The molecular formula is C24H30N2O4. The standard InChI is InChI=1S/C24H30N2O4/c1-5-16(2)22(26-15-18-8-6-7-9-19(18)24(26)28)23(27)25-13-12-17-10-11-20(29-3)21(14-17)30-4/h6-11,14,16,22H,5,12-13,15H2,1-4H3,(H,25,27)/t16-,22+/m1/s1. The third-order valence-electron chi connectivity index (χ3n) is 5.80. The van der Waals surface area contributed by atoms with Crippen molar-refractivity contribution in [3.05, 3.63) is 59.2 Å². The van der Waals surface area contributed by atoms with Crippen molar-refractivity contribution >= 4 is 11.8 Å². The summed E-state index contributed by atoms with van der Waals surface area (Å²) in [6.07, 6.45) is 1.47. The highest BCUT2D eigenvalue weighted by atomic mass is 16.5. The lowest BCUT2D eigenvalue weighted by Crippen LogP contribution is -2.50. The summed E-state index contributed by atoms with van der Waals surface area (Å²) < 4.78 is 10.6. The number of carbonyl (C=O) groups excluding carboxylic acids is 2. The Kier molecular flexibility index (Phi) is 6.98. The smallest absolute Gasteiger partial charge is 0.255 e. The molecular weight excluding hydrogens is 380 g/mol. The van der Waals surface area contributed by atoms with Crippen LogP contribution in [0.4, 0.5) is 0 Å². The summed E-state index contributed by atoms with van der Waals surface area (Å²) in [5.41, 5.74) is 2.72. The number of carbonyl (C=O) groups is 2. The number of fused-ring (bicyclic) bond motifs is 1. The summed E-state index contributed by atoms with van der Waals surface area (Å²) in [6, 6.07) is 12.8. The summed E-state index contributed by atoms with van der Waals surface area (Å²) >= 11 is 0. The highest BCUT2D eigenvalue weighted by Gasteiger charge is 2.38. The van der Waals surface area contributed by atoms with E-state index in [2.05, 4.69) is 5.32 Å². The van der Waals surface area contributed by atoms with Crippen LogP contribution in [0.2, 0.25) is 0 Å². The average Bonchev–Trinajstić information content (AvgIpc) is 3.09. The summed E-state index contributed by atoms with van der Waals surface area (Å²) in [4.78, 5) is 27.7. The third-order valence-corrected chi connectivity index (χ3v) is 5.80. The molecule has 6 nitrogen and oxygen atoms in total. The maximum atomic E-state index is 13.1. The molecule has 0 radical (unpaired) electrons. The van der Waals surface area contributed by atoms with E-state index in [4.69, 9.17) is 9.47 Å². The zero-order valence-corrected chi connectivity index (χ0v) is 18.1. The van der Waals surface area contributed by atoms with Gasteiger partial charge in [-0.2, -0.15) is 0 Å². The van der Waals surface area contributed by atoms with Crippen LogP contribution >= 0.6 is 0 Å². The van der Waals surface area contributed by atoms with Gasteiger partial charge in [0, 0.05) is 18.7 Å². The Balaban J connectivity index is 1.66. The average molecular weight is 411 g/mol. The van der Waals surface area contributed by atoms with Gasteiger partial charge in [-0.05, 0) is 41.7 Å². The zero-order chi connectivity index (χ0) is 21.7. The van der Waals surface area contributed by atoms with E-state index in [1.165, 1.54) is 0 Å².